The topological polar surface area (TPSA) is 64.0 Å². The molecular weight excluding hydrogens is 266 g/mol. The fraction of sp³-hybridized carbons (Fsp3) is 0.312. The molecule has 0 atom stereocenters. The molecule has 1 aromatic carbocycles. The molecule has 3 rings (SSSR count). The third kappa shape index (κ3) is 3.37. The van der Waals surface area contributed by atoms with E-state index in [-0.39, 0.29) is 18.0 Å². The molecule has 2 aromatic rings. The lowest BCUT2D eigenvalue weighted by molar-refractivity contribution is -0.117. The van der Waals surface area contributed by atoms with Gasteiger partial charge in [0.05, 0.1) is 5.69 Å². The predicted octanol–water partition coefficient (Wildman–Crippen LogP) is 2.07. The molecule has 0 bridgehead atoms. The van der Waals surface area contributed by atoms with Crippen LogP contribution in [0.5, 0.6) is 0 Å². The van der Waals surface area contributed by atoms with Crippen molar-refractivity contribution in [2.75, 3.05) is 5.32 Å². The van der Waals surface area contributed by atoms with Gasteiger partial charge in [-0.05, 0) is 38.0 Å². The van der Waals surface area contributed by atoms with Crippen molar-refractivity contribution in [1.82, 2.24) is 9.78 Å². The van der Waals surface area contributed by atoms with E-state index in [0.29, 0.717) is 5.92 Å². The molecule has 108 valence electrons. The zero-order valence-electron chi connectivity index (χ0n) is 11.9. The van der Waals surface area contributed by atoms with E-state index in [0.717, 1.165) is 29.8 Å². The quantitative estimate of drug-likeness (QED) is 0.934. The van der Waals surface area contributed by atoms with E-state index in [4.69, 9.17) is 0 Å². The minimum Gasteiger partial charge on any atom is -0.324 e. The Bertz CT molecular complexity index is 715. The number of carbonyl (C=O) groups is 1. The summed E-state index contributed by atoms with van der Waals surface area (Å²) in [5.74, 6) is 0.207. The van der Waals surface area contributed by atoms with Crippen LogP contribution in [-0.4, -0.2) is 15.7 Å². The maximum Gasteiger partial charge on any atom is 0.267 e. The summed E-state index contributed by atoms with van der Waals surface area (Å²) >= 11 is 0. The van der Waals surface area contributed by atoms with Gasteiger partial charge in [-0.2, -0.15) is 5.10 Å². The van der Waals surface area contributed by atoms with E-state index in [9.17, 15) is 9.59 Å². The van der Waals surface area contributed by atoms with Crippen molar-refractivity contribution in [2.45, 2.75) is 32.2 Å². The molecule has 0 spiro atoms. The fourth-order valence-corrected chi connectivity index (χ4v) is 2.15. The highest BCUT2D eigenvalue weighted by Crippen LogP contribution is 2.38. The highest BCUT2D eigenvalue weighted by Gasteiger charge is 2.25. The lowest BCUT2D eigenvalue weighted by Gasteiger charge is -2.08. The summed E-state index contributed by atoms with van der Waals surface area (Å²) in [4.78, 5) is 23.8. The maximum absolute atomic E-state index is 12.0. The molecule has 1 heterocycles. The maximum atomic E-state index is 12.0. The Labute approximate surface area is 122 Å². The monoisotopic (exact) mass is 283 g/mol. The van der Waals surface area contributed by atoms with Crippen molar-refractivity contribution >= 4 is 11.6 Å². The first-order valence-electron chi connectivity index (χ1n) is 7.06. The average Bonchev–Trinajstić information content (AvgIpc) is 3.28. The molecule has 1 saturated carbocycles. The number of carbonyl (C=O) groups excluding carboxylic acids is 1. The summed E-state index contributed by atoms with van der Waals surface area (Å²) in [6, 6.07) is 10.8. The minimum atomic E-state index is -0.251. The Balaban J connectivity index is 1.70. The third-order valence-corrected chi connectivity index (χ3v) is 3.51. The normalized spacial score (nSPS) is 14.0. The summed E-state index contributed by atoms with van der Waals surface area (Å²) in [7, 11) is 0. The van der Waals surface area contributed by atoms with Crippen LogP contribution in [0.1, 0.15) is 30.0 Å². The van der Waals surface area contributed by atoms with Gasteiger partial charge in [0, 0.05) is 17.7 Å². The highest BCUT2D eigenvalue weighted by atomic mass is 16.2. The van der Waals surface area contributed by atoms with E-state index >= 15 is 0 Å². The summed E-state index contributed by atoms with van der Waals surface area (Å²) < 4.78 is 1.23. The lowest BCUT2D eigenvalue weighted by Crippen LogP contribution is -2.29. The van der Waals surface area contributed by atoms with Gasteiger partial charge < -0.3 is 5.32 Å². The number of amides is 1. The van der Waals surface area contributed by atoms with Crippen LogP contribution < -0.4 is 10.9 Å². The van der Waals surface area contributed by atoms with Crippen molar-refractivity contribution < 1.29 is 4.79 Å². The zero-order chi connectivity index (χ0) is 14.8. The van der Waals surface area contributed by atoms with Crippen LogP contribution in [0, 0.1) is 6.92 Å². The van der Waals surface area contributed by atoms with Crippen LogP contribution in [0.4, 0.5) is 5.69 Å². The summed E-state index contributed by atoms with van der Waals surface area (Å²) in [6.45, 7) is 1.92. The first kappa shape index (κ1) is 13.5. The molecule has 5 nitrogen and oxygen atoms in total. The fourth-order valence-electron chi connectivity index (χ4n) is 2.15. The number of hydrogen-bond acceptors (Lipinski definition) is 3. The largest absolute Gasteiger partial charge is 0.324 e. The summed E-state index contributed by atoms with van der Waals surface area (Å²) in [5.41, 5.74) is 2.50. The molecule has 0 unspecified atom stereocenters. The third-order valence-electron chi connectivity index (χ3n) is 3.51. The summed E-state index contributed by atoms with van der Waals surface area (Å²) in [6.07, 6.45) is 2.22. The molecule has 1 amide bonds. The number of benzene rings is 1. The van der Waals surface area contributed by atoms with Gasteiger partial charge in [0.25, 0.3) is 5.56 Å². The zero-order valence-corrected chi connectivity index (χ0v) is 11.9. The molecule has 0 aliphatic heterocycles. The van der Waals surface area contributed by atoms with Gasteiger partial charge in [-0.1, -0.05) is 17.7 Å². The molecular formula is C16H17N3O2. The molecule has 1 N–H and O–H groups in total. The van der Waals surface area contributed by atoms with Gasteiger partial charge in [-0.25, -0.2) is 4.68 Å². The van der Waals surface area contributed by atoms with E-state index in [2.05, 4.69) is 10.4 Å². The van der Waals surface area contributed by atoms with Crippen LogP contribution in [-0.2, 0) is 11.3 Å². The highest BCUT2D eigenvalue weighted by molar-refractivity contribution is 5.90. The second-order valence-electron chi connectivity index (χ2n) is 5.44. The van der Waals surface area contributed by atoms with Crippen LogP contribution in [0.15, 0.2) is 41.2 Å². The molecule has 0 radical (unpaired) electrons. The van der Waals surface area contributed by atoms with Gasteiger partial charge in [0.15, 0.2) is 0 Å². The van der Waals surface area contributed by atoms with Crippen molar-refractivity contribution in [1.29, 1.82) is 0 Å². The molecule has 1 aliphatic rings. The van der Waals surface area contributed by atoms with Gasteiger partial charge in [-0.3, -0.25) is 9.59 Å². The van der Waals surface area contributed by atoms with Crippen molar-refractivity contribution in [2.24, 2.45) is 0 Å². The van der Waals surface area contributed by atoms with Crippen LogP contribution >= 0.6 is 0 Å². The summed E-state index contributed by atoms with van der Waals surface area (Å²) in [5, 5.41) is 7.04. The van der Waals surface area contributed by atoms with Gasteiger partial charge in [-0.15, -0.1) is 0 Å². The Morgan fingerprint density at radius 1 is 1.24 bits per heavy atom. The van der Waals surface area contributed by atoms with Gasteiger partial charge in [0.1, 0.15) is 6.54 Å². The van der Waals surface area contributed by atoms with E-state index in [1.165, 1.54) is 10.7 Å². The number of rotatable bonds is 4. The Kier molecular flexibility index (Phi) is 3.56. The van der Waals surface area contributed by atoms with Crippen molar-refractivity contribution in [3.63, 3.8) is 0 Å². The minimum absolute atomic E-state index is 0.0622. The molecule has 21 heavy (non-hydrogen) atoms. The van der Waals surface area contributed by atoms with Crippen LogP contribution in [0.3, 0.4) is 0 Å². The second-order valence-corrected chi connectivity index (χ2v) is 5.44. The van der Waals surface area contributed by atoms with Crippen LogP contribution in [0.2, 0.25) is 0 Å². The average molecular weight is 283 g/mol. The van der Waals surface area contributed by atoms with E-state index in [1.54, 1.807) is 6.07 Å². The molecule has 1 aromatic heterocycles. The second kappa shape index (κ2) is 5.52. The van der Waals surface area contributed by atoms with Crippen molar-refractivity contribution in [3.05, 3.63) is 58.0 Å². The van der Waals surface area contributed by atoms with Gasteiger partial charge in [0.2, 0.25) is 5.91 Å². The lowest BCUT2D eigenvalue weighted by atomic mass is 10.2. The first-order chi connectivity index (χ1) is 10.1. The van der Waals surface area contributed by atoms with Crippen molar-refractivity contribution in [3.8, 4) is 0 Å². The number of nitrogens with zero attached hydrogens (tertiary/aromatic N) is 2. The van der Waals surface area contributed by atoms with E-state index in [1.807, 2.05) is 31.2 Å². The molecule has 1 fully saturated rings. The van der Waals surface area contributed by atoms with Gasteiger partial charge >= 0.3 is 0 Å². The number of aromatic nitrogens is 2. The molecule has 0 saturated heterocycles. The number of aryl methyl sites for hydroxylation is 1. The Morgan fingerprint density at radius 3 is 2.62 bits per heavy atom. The van der Waals surface area contributed by atoms with E-state index < -0.39 is 0 Å². The Morgan fingerprint density at radius 2 is 1.95 bits per heavy atom. The Hall–Kier alpha value is -2.43. The first-order valence-corrected chi connectivity index (χ1v) is 7.06. The standard InChI is InChI=1S/C16H17N3O2/c1-11-2-6-13(7-3-11)17-15(20)10-19-16(21)9-8-14(18-19)12-4-5-12/h2-3,6-9,12H,4-5,10H2,1H3,(H,17,20). The molecule has 5 heteroatoms. The predicted molar refractivity (Wildman–Crippen MR) is 80.3 cm³/mol. The number of hydrogen-bond donors (Lipinski definition) is 1. The molecule has 1 aliphatic carbocycles. The smallest absolute Gasteiger partial charge is 0.267 e. The number of nitrogens with one attached hydrogen (secondary N) is 1. The SMILES string of the molecule is Cc1ccc(NC(=O)Cn2nc(C3CC3)ccc2=O)cc1. The van der Waals surface area contributed by atoms with Crippen LogP contribution in [0.25, 0.3) is 0 Å². The number of anilines is 1.